The highest BCUT2D eigenvalue weighted by Crippen LogP contribution is 2.20. The Morgan fingerprint density at radius 2 is 2.15 bits per heavy atom. The summed E-state index contributed by atoms with van der Waals surface area (Å²) in [5.41, 5.74) is 2.58. The highest BCUT2D eigenvalue weighted by Gasteiger charge is 2.06. The highest BCUT2D eigenvalue weighted by molar-refractivity contribution is 5.46. The Bertz CT molecular complexity index is 656. The van der Waals surface area contributed by atoms with Gasteiger partial charge in [0.15, 0.2) is 0 Å². The molecule has 102 valence electrons. The van der Waals surface area contributed by atoms with Crippen molar-refractivity contribution in [2.24, 2.45) is 0 Å². The molecule has 0 aliphatic carbocycles. The first-order valence-electron chi connectivity index (χ1n) is 6.52. The summed E-state index contributed by atoms with van der Waals surface area (Å²) in [6.07, 6.45) is 2.46. The van der Waals surface area contributed by atoms with Gasteiger partial charge in [0.2, 0.25) is 0 Å². The Morgan fingerprint density at radius 3 is 2.90 bits per heavy atom. The molecule has 0 saturated heterocycles. The number of ether oxygens (including phenoxy) is 1. The number of rotatable bonds is 3. The summed E-state index contributed by atoms with van der Waals surface area (Å²) in [4.78, 5) is 4.25. The molecule has 0 unspecified atom stereocenters. The van der Waals surface area contributed by atoms with Crippen molar-refractivity contribution < 1.29 is 9.13 Å². The van der Waals surface area contributed by atoms with E-state index in [4.69, 9.17) is 4.74 Å². The van der Waals surface area contributed by atoms with Gasteiger partial charge in [-0.2, -0.15) is 0 Å². The lowest BCUT2D eigenvalue weighted by Gasteiger charge is -2.09. The Hall–Kier alpha value is -2.34. The van der Waals surface area contributed by atoms with Crippen molar-refractivity contribution in [3.8, 4) is 17.6 Å². The fraction of sp³-hybridized carbons (Fsp3) is 0.235. The Balaban J connectivity index is 2.20. The summed E-state index contributed by atoms with van der Waals surface area (Å²) in [6, 6.07) is 8.23. The summed E-state index contributed by atoms with van der Waals surface area (Å²) >= 11 is 0. The summed E-state index contributed by atoms with van der Waals surface area (Å²) in [5.74, 6) is 6.07. The van der Waals surface area contributed by atoms with E-state index in [-0.39, 0.29) is 5.82 Å². The number of hydrogen-bond acceptors (Lipinski definition) is 2. The van der Waals surface area contributed by atoms with Crippen molar-refractivity contribution in [1.29, 1.82) is 0 Å². The van der Waals surface area contributed by atoms with Crippen LogP contribution in [-0.4, -0.2) is 4.98 Å². The van der Waals surface area contributed by atoms with E-state index in [1.165, 1.54) is 12.1 Å². The minimum atomic E-state index is -0.334. The smallest absolute Gasteiger partial charge is 0.138 e. The van der Waals surface area contributed by atoms with Crippen molar-refractivity contribution >= 4 is 0 Å². The van der Waals surface area contributed by atoms with Gasteiger partial charge in [-0.25, -0.2) is 4.39 Å². The lowest BCUT2D eigenvalue weighted by Crippen LogP contribution is -2.02. The van der Waals surface area contributed by atoms with Gasteiger partial charge in [-0.1, -0.05) is 24.8 Å². The van der Waals surface area contributed by atoms with E-state index in [0.717, 1.165) is 17.7 Å². The van der Waals surface area contributed by atoms with Crippen molar-refractivity contribution in [2.45, 2.75) is 26.9 Å². The molecule has 1 aromatic heterocycles. The van der Waals surface area contributed by atoms with E-state index in [0.29, 0.717) is 17.9 Å². The molecule has 0 aliphatic heterocycles. The average molecular weight is 269 g/mol. The van der Waals surface area contributed by atoms with E-state index in [1.54, 1.807) is 12.3 Å². The van der Waals surface area contributed by atoms with Gasteiger partial charge in [-0.3, -0.25) is 4.98 Å². The molecule has 2 rings (SSSR count). The molecule has 1 aromatic carbocycles. The molecule has 0 bridgehead atoms. The summed E-state index contributed by atoms with van der Waals surface area (Å²) in [6.45, 7) is 4.24. The average Bonchev–Trinajstić information content (AvgIpc) is 2.45. The molecule has 0 spiro atoms. The van der Waals surface area contributed by atoms with Crippen LogP contribution in [0.1, 0.15) is 30.2 Å². The quantitative estimate of drug-likeness (QED) is 0.789. The molecule has 0 N–H and O–H groups in total. The Morgan fingerprint density at radius 1 is 1.30 bits per heavy atom. The van der Waals surface area contributed by atoms with Crippen molar-refractivity contribution in [3.63, 3.8) is 0 Å². The zero-order valence-corrected chi connectivity index (χ0v) is 11.6. The Kier molecular flexibility index (Phi) is 4.73. The molecule has 0 aliphatic rings. The van der Waals surface area contributed by atoms with Crippen LogP contribution >= 0.6 is 0 Å². The molecule has 0 fully saturated rings. The second kappa shape index (κ2) is 6.72. The summed E-state index contributed by atoms with van der Waals surface area (Å²) in [5, 5.41) is 0. The lowest BCUT2D eigenvalue weighted by atomic mass is 10.2. The monoisotopic (exact) mass is 269 g/mol. The van der Waals surface area contributed by atoms with Crippen LogP contribution in [0, 0.1) is 24.6 Å². The predicted octanol–water partition coefficient (Wildman–Crippen LogP) is 3.87. The SMILES string of the molecule is CCC#Cc1ccc(F)cc1OCc1ncccc1C. The third kappa shape index (κ3) is 3.58. The highest BCUT2D eigenvalue weighted by atomic mass is 19.1. The summed E-state index contributed by atoms with van der Waals surface area (Å²) in [7, 11) is 0. The fourth-order valence-electron chi connectivity index (χ4n) is 1.72. The minimum Gasteiger partial charge on any atom is -0.486 e. The first-order chi connectivity index (χ1) is 9.70. The van der Waals surface area contributed by atoms with Crippen molar-refractivity contribution in [2.75, 3.05) is 0 Å². The molecule has 1 heterocycles. The number of nitrogens with zero attached hydrogens (tertiary/aromatic N) is 1. The Labute approximate surface area is 118 Å². The first-order valence-corrected chi connectivity index (χ1v) is 6.52. The van der Waals surface area contributed by atoms with Crippen molar-refractivity contribution in [3.05, 3.63) is 59.2 Å². The standard InChI is InChI=1S/C17H16FNO/c1-3-4-7-14-8-9-15(18)11-17(14)20-12-16-13(2)6-5-10-19-16/h5-6,8-11H,3,12H2,1-2H3. The van der Waals surface area contributed by atoms with Crippen LogP contribution in [0.15, 0.2) is 36.5 Å². The third-order valence-corrected chi connectivity index (χ3v) is 2.83. The number of aryl methyl sites for hydroxylation is 1. The minimum absolute atomic E-state index is 0.303. The normalized spacial score (nSPS) is 9.75. The maximum atomic E-state index is 13.3. The maximum absolute atomic E-state index is 13.3. The molecule has 3 heteroatoms. The predicted molar refractivity (Wildman–Crippen MR) is 76.9 cm³/mol. The van der Waals surface area contributed by atoms with Gasteiger partial charge in [-0.05, 0) is 30.7 Å². The second-order valence-electron chi connectivity index (χ2n) is 4.35. The topological polar surface area (TPSA) is 22.1 Å². The summed E-state index contributed by atoms with van der Waals surface area (Å²) < 4.78 is 19.0. The van der Waals surface area contributed by atoms with Gasteiger partial charge in [0, 0.05) is 18.7 Å². The van der Waals surface area contributed by atoms with Crippen LogP contribution in [0.3, 0.4) is 0 Å². The van der Waals surface area contributed by atoms with E-state index in [2.05, 4.69) is 16.8 Å². The number of hydrogen-bond donors (Lipinski definition) is 0. The van der Waals surface area contributed by atoms with E-state index < -0.39 is 0 Å². The molecule has 2 nitrogen and oxygen atoms in total. The molecular weight excluding hydrogens is 253 g/mol. The van der Waals surface area contributed by atoms with Gasteiger partial charge in [-0.15, -0.1) is 0 Å². The van der Waals surface area contributed by atoms with Crippen molar-refractivity contribution in [1.82, 2.24) is 4.98 Å². The maximum Gasteiger partial charge on any atom is 0.138 e. The van der Waals surface area contributed by atoms with Crippen LogP contribution in [0.5, 0.6) is 5.75 Å². The molecule has 20 heavy (non-hydrogen) atoms. The van der Waals surface area contributed by atoms with Crippen LogP contribution in [0.2, 0.25) is 0 Å². The van der Waals surface area contributed by atoms with Gasteiger partial charge < -0.3 is 4.74 Å². The van der Waals surface area contributed by atoms with E-state index in [1.807, 2.05) is 26.0 Å². The van der Waals surface area contributed by atoms with Crippen LogP contribution in [0.4, 0.5) is 4.39 Å². The second-order valence-corrected chi connectivity index (χ2v) is 4.35. The number of benzene rings is 1. The van der Waals surface area contributed by atoms with E-state index >= 15 is 0 Å². The van der Waals surface area contributed by atoms with Crippen LogP contribution in [-0.2, 0) is 6.61 Å². The number of halogens is 1. The van der Waals surface area contributed by atoms with Gasteiger partial charge in [0.25, 0.3) is 0 Å². The third-order valence-electron chi connectivity index (χ3n) is 2.83. The van der Waals surface area contributed by atoms with Crippen LogP contribution < -0.4 is 4.74 Å². The zero-order valence-electron chi connectivity index (χ0n) is 11.6. The van der Waals surface area contributed by atoms with Gasteiger partial charge >= 0.3 is 0 Å². The number of pyridine rings is 1. The lowest BCUT2D eigenvalue weighted by molar-refractivity contribution is 0.298. The number of aromatic nitrogens is 1. The first kappa shape index (κ1) is 14.1. The molecule has 0 atom stereocenters. The molecule has 0 saturated carbocycles. The molecule has 0 amide bonds. The van der Waals surface area contributed by atoms with Crippen LogP contribution in [0.25, 0.3) is 0 Å². The van der Waals surface area contributed by atoms with E-state index in [9.17, 15) is 4.39 Å². The van der Waals surface area contributed by atoms with Gasteiger partial charge in [0.05, 0.1) is 11.3 Å². The van der Waals surface area contributed by atoms with Gasteiger partial charge in [0.1, 0.15) is 18.2 Å². The molecular formula is C17H16FNO. The zero-order chi connectivity index (χ0) is 14.4. The largest absolute Gasteiger partial charge is 0.486 e. The fourth-order valence-corrected chi connectivity index (χ4v) is 1.72. The molecule has 0 radical (unpaired) electrons. The molecule has 2 aromatic rings.